The lowest BCUT2D eigenvalue weighted by atomic mass is 10.1. The monoisotopic (exact) mass is 459 g/mol. The van der Waals surface area contributed by atoms with Crippen LogP contribution in [-0.4, -0.2) is 11.3 Å². The highest BCUT2D eigenvalue weighted by Gasteiger charge is 2.21. The summed E-state index contributed by atoms with van der Waals surface area (Å²) in [5, 5.41) is 8.61. The van der Waals surface area contributed by atoms with Crippen molar-refractivity contribution in [1.82, 2.24) is 4.72 Å². The summed E-state index contributed by atoms with van der Waals surface area (Å²) in [5.41, 5.74) is 2.09. The lowest BCUT2D eigenvalue weighted by Gasteiger charge is -2.26. The predicted molar refractivity (Wildman–Crippen MR) is 137 cm³/mol. The number of hydrogen-bond donors (Lipinski definition) is 2. The largest absolute Gasteiger partial charge is 0.454 e. The second-order valence-electron chi connectivity index (χ2n) is 7.27. The summed E-state index contributed by atoms with van der Waals surface area (Å²) in [7, 11) is -0.297. The van der Waals surface area contributed by atoms with Crippen molar-refractivity contribution in [1.29, 1.82) is 0 Å². The molecule has 0 saturated carbocycles. The molecule has 0 radical (unpaired) electrons. The van der Waals surface area contributed by atoms with Gasteiger partial charge in [-0.3, -0.25) is 0 Å². The zero-order valence-corrected chi connectivity index (χ0v) is 19.1. The van der Waals surface area contributed by atoms with Gasteiger partial charge in [-0.2, -0.15) is 0 Å². The van der Waals surface area contributed by atoms with Crippen LogP contribution in [0.3, 0.4) is 0 Å². The number of fused-ring (bicyclic) bond motifs is 2. The van der Waals surface area contributed by atoms with E-state index in [9.17, 15) is 0 Å². The van der Waals surface area contributed by atoms with E-state index in [0.29, 0.717) is 23.1 Å². The van der Waals surface area contributed by atoms with Gasteiger partial charge in [-0.15, -0.1) is 0 Å². The first-order valence-corrected chi connectivity index (χ1v) is 12.0. The van der Waals surface area contributed by atoms with E-state index in [0.717, 1.165) is 16.5 Å². The molecule has 0 bridgehead atoms. The van der Waals surface area contributed by atoms with Crippen LogP contribution in [0.2, 0.25) is 5.02 Å². The summed E-state index contributed by atoms with van der Waals surface area (Å²) in [6.45, 7) is 2.62. The average molecular weight is 460 g/mol. The normalized spacial score (nSPS) is 16.4. The number of ether oxygens (including phenoxy) is 1. The first kappa shape index (κ1) is 20.6. The van der Waals surface area contributed by atoms with Gasteiger partial charge in [0, 0.05) is 4.90 Å². The highest BCUT2D eigenvalue weighted by Crippen LogP contribution is 2.42. The van der Waals surface area contributed by atoms with Crippen LogP contribution in [0.5, 0.6) is 11.5 Å². The predicted octanol–water partition coefficient (Wildman–Crippen LogP) is 7.22. The standard InChI is InChI=1S/C26H22ClN3OS/c1-2-32-24-16-8-15-23(31-22-14-6-5-13-21(22)27)25(24)29-26(30-32)28-17-19-11-7-10-18-9-3-4-12-20(18)19/h2-16H,17H2,1H3,(H2,28,29,30). The number of rotatable bonds is 4. The van der Waals surface area contributed by atoms with Gasteiger partial charge in [0.05, 0.1) is 17.3 Å². The molecule has 0 aromatic heterocycles. The Bertz CT molecular complexity index is 1360. The Labute approximate surface area is 195 Å². The number of halogens is 1. The second-order valence-corrected chi connectivity index (χ2v) is 9.46. The summed E-state index contributed by atoms with van der Waals surface area (Å²) in [4.78, 5) is 5.99. The smallest absolute Gasteiger partial charge is 0.206 e. The van der Waals surface area contributed by atoms with E-state index in [2.05, 4.69) is 70.9 Å². The Morgan fingerprint density at radius 2 is 1.66 bits per heavy atom. The molecule has 160 valence electrons. The van der Waals surface area contributed by atoms with Crippen molar-refractivity contribution < 1.29 is 4.74 Å². The van der Waals surface area contributed by atoms with Crippen LogP contribution in [0.15, 0.2) is 94.8 Å². The summed E-state index contributed by atoms with van der Waals surface area (Å²) in [6, 6.07) is 28.2. The minimum Gasteiger partial charge on any atom is -0.454 e. The van der Waals surface area contributed by atoms with Crippen LogP contribution in [-0.2, 0) is 6.54 Å². The third-order valence-electron chi connectivity index (χ3n) is 5.25. The van der Waals surface area contributed by atoms with Gasteiger partial charge in [0.15, 0.2) is 5.75 Å². The van der Waals surface area contributed by atoms with Crippen molar-refractivity contribution in [3.8, 4) is 11.5 Å². The van der Waals surface area contributed by atoms with Gasteiger partial charge in [0.2, 0.25) is 5.96 Å². The van der Waals surface area contributed by atoms with Gasteiger partial charge >= 0.3 is 0 Å². The van der Waals surface area contributed by atoms with Crippen molar-refractivity contribution in [2.24, 2.45) is 4.99 Å². The molecular formula is C26H22ClN3OS. The zero-order chi connectivity index (χ0) is 21.9. The molecule has 2 N–H and O–H groups in total. The van der Waals surface area contributed by atoms with E-state index >= 15 is 0 Å². The van der Waals surface area contributed by atoms with Crippen LogP contribution < -0.4 is 14.8 Å². The van der Waals surface area contributed by atoms with Crippen molar-refractivity contribution in [2.45, 2.75) is 18.4 Å². The van der Waals surface area contributed by atoms with Gasteiger partial charge in [0.25, 0.3) is 0 Å². The molecule has 1 atom stereocenters. The minimum atomic E-state index is -0.297. The molecule has 0 spiro atoms. The van der Waals surface area contributed by atoms with Gasteiger partial charge in [-0.25, -0.2) is 4.99 Å². The Balaban J connectivity index is 1.48. The lowest BCUT2D eigenvalue weighted by molar-refractivity contribution is 0.484. The summed E-state index contributed by atoms with van der Waals surface area (Å²) in [5.74, 6) is 2.06. The minimum absolute atomic E-state index is 0.297. The third-order valence-corrected chi connectivity index (χ3v) is 7.27. The first-order chi connectivity index (χ1) is 15.7. The second kappa shape index (κ2) is 9.07. The molecule has 0 saturated heterocycles. The molecule has 4 nitrogen and oxygen atoms in total. The van der Waals surface area contributed by atoms with Crippen LogP contribution >= 0.6 is 22.3 Å². The number of aliphatic imine (C=N–C) groups is 1. The van der Waals surface area contributed by atoms with Crippen molar-refractivity contribution in [3.05, 3.63) is 95.5 Å². The summed E-state index contributed by atoms with van der Waals surface area (Å²) >= 11 is 6.32. The van der Waals surface area contributed by atoms with E-state index in [4.69, 9.17) is 21.3 Å². The van der Waals surface area contributed by atoms with Crippen LogP contribution in [0.1, 0.15) is 12.5 Å². The first-order valence-electron chi connectivity index (χ1n) is 10.4. The molecule has 4 aromatic rings. The SMILES string of the molecule is C/C=S1/NC(=NCc2cccc3ccccc23)Nc2c(Oc3ccccc3Cl)cccc21. The number of para-hydroxylation sites is 2. The fourth-order valence-corrected chi connectivity index (χ4v) is 5.28. The summed E-state index contributed by atoms with van der Waals surface area (Å²) < 4.78 is 9.69. The maximum atomic E-state index is 6.32. The number of hydrogen-bond acceptors (Lipinski definition) is 2. The van der Waals surface area contributed by atoms with E-state index in [1.807, 2.05) is 36.4 Å². The highest BCUT2D eigenvalue weighted by atomic mass is 35.5. The molecule has 0 fully saturated rings. The maximum Gasteiger partial charge on any atom is 0.206 e. The Morgan fingerprint density at radius 1 is 0.906 bits per heavy atom. The van der Waals surface area contributed by atoms with Crippen LogP contribution in [0.4, 0.5) is 5.69 Å². The fourth-order valence-electron chi connectivity index (χ4n) is 3.70. The van der Waals surface area contributed by atoms with E-state index in [-0.39, 0.29) is 10.7 Å². The average Bonchev–Trinajstić information content (AvgIpc) is 2.84. The quantitative estimate of drug-likeness (QED) is 0.316. The summed E-state index contributed by atoms with van der Waals surface area (Å²) in [6.07, 6.45) is 0. The number of anilines is 1. The van der Waals surface area contributed by atoms with E-state index in [1.54, 1.807) is 0 Å². The fraction of sp³-hybridized carbons (Fsp3) is 0.0769. The Hall–Kier alpha value is -3.28. The van der Waals surface area contributed by atoms with E-state index < -0.39 is 0 Å². The van der Waals surface area contributed by atoms with Gasteiger partial charge < -0.3 is 14.8 Å². The van der Waals surface area contributed by atoms with Crippen molar-refractivity contribution in [2.75, 3.05) is 5.32 Å². The highest BCUT2D eigenvalue weighted by molar-refractivity contribution is 8.14. The molecule has 32 heavy (non-hydrogen) atoms. The number of benzene rings is 4. The molecule has 1 aliphatic rings. The lowest BCUT2D eigenvalue weighted by Crippen LogP contribution is -2.31. The molecule has 0 aliphatic carbocycles. The molecule has 1 aliphatic heterocycles. The van der Waals surface area contributed by atoms with Crippen LogP contribution in [0.25, 0.3) is 10.8 Å². The molecular weight excluding hydrogens is 438 g/mol. The number of nitrogens with one attached hydrogen (secondary N) is 2. The molecule has 0 amide bonds. The zero-order valence-electron chi connectivity index (χ0n) is 17.5. The number of guanidine groups is 1. The van der Waals surface area contributed by atoms with Gasteiger partial charge in [-0.1, -0.05) is 82.9 Å². The molecule has 1 heterocycles. The number of nitrogens with zero attached hydrogens (tertiary/aromatic N) is 1. The molecule has 1 unspecified atom stereocenters. The Morgan fingerprint density at radius 3 is 2.53 bits per heavy atom. The third kappa shape index (κ3) is 4.09. The topological polar surface area (TPSA) is 45.7 Å². The molecule has 6 heteroatoms. The van der Waals surface area contributed by atoms with Gasteiger partial charge in [0.1, 0.15) is 5.75 Å². The Kier molecular flexibility index (Phi) is 5.84. The maximum absolute atomic E-state index is 6.32. The molecule has 4 aromatic carbocycles. The van der Waals surface area contributed by atoms with E-state index in [1.165, 1.54) is 16.3 Å². The molecule has 5 rings (SSSR count). The van der Waals surface area contributed by atoms with Crippen molar-refractivity contribution in [3.63, 3.8) is 0 Å². The van der Waals surface area contributed by atoms with Crippen molar-refractivity contribution >= 4 is 50.1 Å². The van der Waals surface area contributed by atoms with Crippen LogP contribution in [0, 0.1) is 0 Å². The van der Waals surface area contributed by atoms with Gasteiger partial charge in [-0.05, 0) is 52.9 Å².